The van der Waals surface area contributed by atoms with Crippen molar-refractivity contribution in [1.82, 2.24) is 10.2 Å². The Balaban J connectivity index is 4.28. The zero-order valence-corrected chi connectivity index (χ0v) is 13.3. The lowest BCUT2D eigenvalue weighted by molar-refractivity contribution is -0.142. The predicted octanol–water partition coefficient (Wildman–Crippen LogP) is 1.97. The first kappa shape index (κ1) is 18.9. The minimum atomic E-state index is -0.812. The molecule has 5 nitrogen and oxygen atoms in total. The second kappa shape index (κ2) is 10.7. The molecule has 0 rings (SSSR count). The van der Waals surface area contributed by atoms with Gasteiger partial charge in [0.1, 0.15) is 0 Å². The van der Waals surface area contributed by atoms with Gasteiger partial charge in [0.15, 0.2) is 0 Å². The molecule has 20 heavy (non-hydrogen) atoms. The minimum Gasteiger partial charge on any atom is -0.481 e. The summed E-state index contributed by atoms with van der Waals surface area (Å²) in [7, 11) is 0. The van der Waals surface area contributed by atoms with Gasteiger partial charge in [-0.1, -0.05) is 40.5 Å². The van der Waals surface area contributed by atoms with Crippen molar-refractivity contribution >= 4 is 11.9 Å². The number of rotatable bonds is 11. The van der Waals surface area contributed by atoms with Gasteiger partial charge in [-0.05, 0) is 18.9 Å². The number of amides is 1. The zero-order chi connectivity index (χ0) is 15.5. The van der Waals surface area contributed by atoms with Crippen LogP contribution in [0.25, 0.3) is 0 Å². The maximum atomic E-state index is 11.8. The molecular weight excluding hydrogens is 256 g/mol. The first-order valence-electron chi connectivity index (χ1n) is 7.58. The highest BCUT2D eigenvalue weighted by molar-refractivity contribution is 5.78. The van der Waals surface area contributed by atoms with Crippen LogP contribution < -0.4 is 5.32 Å². The highest BCUT2D eigenvalue weighted by Gasteiger charge is 2.18. The lowest BCUT2D eigenvalue weighted by atomic mass is 10.1. The van der Waals surface area contributed by atoms with Crippen LogP contribution in [0.2, 0.25) is 0 Å². The standard InChI is InChI=1S/C15H30N2O3/c1-5-6-7-8-17(10-13(4)15(19)20)11-14(18)16-9-12(2)3/h12-13H,5-11H2,1-4H3,(H,16,18)(H,19,20). The number of carbonyl (C=O) groups is 2. The van der Waals surface area contributed by atoms with Crippen LogP contribution in [0.5, 0.6) is 0 Å². The summed E-state index contributed by atoms with van der Waals surface area (Å²) in [6.07, 6.45) is 3.22. The Kier molecular flexibility index (Phi) is 10.1. The number of carboxylic acids is 1. The van der Waals surface area contributed by atoms with Crippen molar-refractivity contribution in [3.8, 4) is 0 Å². The second-order valence-corrected chi connectivity index (χ2v) is 5.88. The van der Waals surface area contributed by atoms with E-state index >= 15 is 0 Å². The summed E-state index contributed by atoms with van der Waals surface area (Å²) in [5.74, 6) is -0.860. The molecule has 0 saturated heterocycles. The van der Waals surface area contributed by atoms with E-state index in [1.54, 1.807) is 6.92 Å². The molecule has 0 aliphatic rings. The van der Waals surface area contributed by atoms with Gasteiger partial charge in [0, 0.05) is 13.1 Å². The largest absolute Gasteiger partial charge is 0.481 e. The van der Waals surface area contributed by atoms with Crippen molar-refractivity contribution in [3.05, 3.63) is 0 Å². The Morgan fingerprint density at radius 3 is 2.35 bits per heavy atom. The molecule has 0 heterocycles. The predicted molar refractivity (Wildman–Crippen MR) is 80.6 cm³/mol. The second-order valence-electron chi connectivity index (χ2n) is 5.88. The molecule has 0 aromatic heterocycles. The fourth-order valence-corrected chi connectivity index (χ4v) is 1.86. The lowest BCUT2D eigenvalue weighted by Gasteiger charge is -2.23. The van der Waals surface area contributed by atoms with Gasteiger partial charge in [-0.2, -0.15) is 0 Å². The monoisotopic (exact) mass is 286 g/mol. The summed E-state index contributed by atoms with van der Waals surface area (Å²) in [6.45, 7) is 10.1. The smallest absolute Gasteiger partial charge is 0.307 e. The molecule has 0 fully saturated rings. The summed E-state index contributed by atoms with van der Waals surface area (Å²) in [5.41, 5.74) is 0. The van der Waals surface area contributed by atoms with Crippen LogP contribution >= 0.6 is 0 Å². The van der Waals surface area contributed by atoms with Gasteiger partial charge in [-0.25, -0.2) is 0 Å². The average Bonchev–Trinajstić information content (AvgIpc) is 2.36. The van der Waals surface area contributed by atoms with Crippen LogP contribution in [0.3, 0.4) is 0 Å². The number of nitrogens with one attached hydrogen (secondary N) is 1. The Hall–Kier alpha value is -1.10. The summed E-state index contributed by atoms with van der Waals surface area (Å²) in [6, 6.07) is 0. The average molecular weight is 286 g/mol. The number of carbonyl (C=O) groups excluding carboxylic acids is 1. The molecule has 1 unspecified atom stereocenters. The summed E-state index contributed by atoms with van der Waals surface area (Å²) < 4.78 is 0. The van der Waals surface area contributed by atoms with Crippen LogP contribution in [0.1, 0.15) is 47.0 Å². The van der Waals surface area contributed by atoms with E-state index in [-0.39, 0.29) is 12.5 Å². The van der Waals surface area contributed by atoms with Crippen LogP contribution in [0.15, 0.2) is 0 Å². The van der Waals surface area contributed by atoms with Crippen LogP contribution in [0, 0.1) is 11.8 Å². The molecule has 0 spiro atoms. The number of hydrogen-bond donors (Lipinski definition) is 2. The van der Waals surface area contributed by atoms with Crippen molar-refractivity contribution < 1.29 is 14.7 Å². The van der Waals surface area contributed by atoms with Gasteiger partial charge in [-0.15, -0.1) is 0 Å². The number of carboxylic acid groups (broad SMARTS) is 1. The number of aliphatic carboxylic acids is 1. The van der Waals surface area contributed by atoms with E-state index in [1.807, 2.05) is 18.7 Å². The minimum absolute atomic E-state index is 0.0206. The Bertz CT molecular complexity index is 293. The molecular formula is C15H30N2O3. The van der Waals surface area contributed by atoms with E-state index in [4.69, 9.17) is 5.11 Å². The molecule has 0 radical (unpaired) electrons. The van der Waals surface area contributed by atoms with Gasteiger partial charge >= 0.3 is 5.97 Å². The Morgan fingerprint density at radius 2 is 1.85 bits per heavy atom. The third-order valence-corrected chi connectivity index (χ3v) is 3.11. The molecule has 118 valence electrons. The van der Waals surface area contributed by atoms with Crippen molar-refractivity contribution in [3.63, 3.8) is 0 Å². The van der Waals surface area contributed by atoms with Crippen molar-refractivity contribution in [1.29, 1.82) is 0 Å². The molecule has 1 amide bonds. The topological polar surface area (TPSA) is 69.6 Å². The van der Waals surface area contributed by atoms with Gasteiger partial charge in [0.05, 0.1) is 12.5 Å². The first-order valence-corrected chi connectivity index (χ1v) is 7.58. The van der Waals surface area contributed by atoms with Gasteiger partial charge < -0.3 is 10.4 Å². The highest BCUT2D eigenvalue weighted by atomic mass is 16.4. The molecule has 0 saturated carbocycles. The normalized spacial score (nSPS) is 12.7. The lowest BCUT2D eigenvalue weighted by Crippen LogP contribution is -2.41. The zero-order valence-electron chi connectivity index (χ0n) is 13.3. The fourth-order valence-electron chi connectivity index (χ4n) is 1.86. The fraction of sp³-hybridized carbons (Fsp3) is 0.867. The number of nitrogens with zero attached hydrogens (tertiary/aromatic N) is 1. The van der Waals surface area contributed by atoms with Crippen LogP contribution in [-0.4, -0.2) is 48.1 Å². The van der Waals surface area contributed by atoms with Gasteiger partial charge in [0.2, 0.25) is 5.91 Å². The van der Waals surface area contributed by atoms with Crippen molar-refractivity contribution in [2.45, 2.75) is 47.0 Å². The molecule has 0 aromatic rings. The molecule has 0 bridgehead atoms. The van der Waals surface area contributed by atoms with Crippen molar-refractivity contribution in [2.75, 3.05) is 26.2 Å². The molecule has 1 atom stereocenters. The molecule has 2 N–H and O–H groups in total. The van der Waals surface area contributed by atoms with E-state index in [2.05, 4.69) is 12.2 Å². The third kappa shape index (κ3) is 9.78. The van der Waals surface area contributed by atoms with Crippen LogP contribution in [-0.2, 0) is 9.59 Å². The van der Waals surface area contributed by atoms with E-state index in [1.165, 1.54) is 0 Å². The molecule has 5 heteroatoms. The summed E-state index contributed by atoms with van der Waals surface area (Å²) in [5, 5.41) is 11.9. The summed E-state index contributed by atoms with van der Waals surface area (Å²) in [4.78, 5) is 24.7. The molecule has 0 aliphatic carbocycles. The van der Waals surface area contributed by atoms with E-state index in [0.717, 1.165) is 25.8 Å². The van der Waals surface area contributed by atoms with Crippen LogP contribution in [0.4, 0.5) is 0 Å². The van der Waals surface area contributed by atoms with Gasteiger partial charge in [0.25, 0.3) is 0 Å². The highest BCUT2D eigenvalue weighted by Crippen LogP contribution is 2.04. The Labute approximate surface area is 122 Å². The number of hydrogen-bond acceptors (Lipinski definition) is 3. The third-order valence-electron chi connectivity index (χ3n) is 3.11. The van der Waals surface area contributed by atoms with E-state index in [9.17, 15) is 9.59 Å². The molecule has 0 aromatic carbocycles. The first-order chi connectivity index (χ1) is 9.36. The molecule has 0 aliphatic heterocycles. The van der Waals surface area contributed by atoms with Crippen molar-refractivity contribution in [2.24, 2.45) is 11.8 Å². The van der Waals surface area contributed by atoms with E-state index in [0.29, 0.717) is 19.0 Å². The Morgan fingerprint density at radius 1 is 1.20 bits per heavy atom. The van der Waals surface area contributed by atoms with Gasteiger partial charge in [-0.3, -0.25) is 14.5 Å². The van der Waals surface area contributed by atoms with E-state index < -0.39 is 11.9 Å². The summed E-state index contributed by atoms with van der Waals surface area (Å²) >= 11 is 0. The quantitative estimate of drug-likeness (QED) is 0.570. The maximum Gasteiger partial charge on any atom is 0.307 e. The SMILES string of the molecule is CCCCCN(CC(=O)NCC(C)C)CC(C)C(=O)O. The maximum absolute atomic E-state index is 11.8. The number of unbranched alkanes of at least 4 members (excludes halogenated alkanes) is 2.